The van der Waals surface area contributed by atoms with E-state index in [2.05, 4.69) is 9.98 Å². The molecule has 0 unspecified atom stereocenters. The summed E-state index contributed by atoms with van der Waals surface area (Å²) in [7, 11) is 0. The molecular formula is C9H10F4N2O2. The number of alkyl halides is 4. The van der Waals surface area contributed by atoms with Gasteiger partial charge in [0.2, 0.25) is 12.2 Å². The minimum Gasteiger partial charge on any atom is -0.211 e. The average molecular weight is 254 g/mol. The van der Waals surface area contributed by atoms with E-state index in [4.69, 9.17) is 0 Å². The molecule has 0 saturated carbocycles. The smallest absolute Gasteiger partial charge is 0.211 e. The van der Waals surface area contributed by atoms with Gasteiger partial charge in [0.1, 0.15) is 13.1 Å². The summed E-state index contributed by atoms with van der Waals surface area (Å²) in [5.41, 5.74) is -2.82. The first-order valence-electron chi connectivity index (χ1n) is 4.45. The van der Waals surface area contributed by atoms with Gasteiger partial charge in [0.25, 0.3) is 11.8 Å². The third kappa shape index (κ3) is 3.22. The minimum absolute atomic E-state index is 0.605. The fraction of sp³-hybridized carbons (Fsp3) is 0.778. The van der Waals surface area contributed by atoms with Crippen molar-refractivity contribution in [2.24, 2.45) is 15.4 Å². The Bertz CT molecular complexity index is 335. The Kier molecular flexibility index (Phi) is 4.74. The Balaban J connectivity index is 5.20. The molecule has 0 aromatic carbocycles. The highest BCUT2D eigenvalue weighted by molar-refractivity contribution is 5.33. The molecule has 0 bridgehead atoms. The lowest BCUT2D eigenvalue weighted by atomic mass is 9.79. The van der Waals surface area contributed by atoms with Crippen molar-refractivity contribution in [1.82, 2.24) is 0 Å². The summed E-state index contributed by atoms with van der Waals surface area (Å²) >= 11 is 0. The molecule has 0 fully saturated rings. The zero-order valence-corrected chi connectivity index (χ0v) is 9.14. The summed E-state index contributed by atoms with van der Waals surface area (Å²) in [4.78, 5) is 24.6. The summed E-state index contributed by atoms with van der Waals surface area (Å²) in [6, 6.07) is 0. The SMILES string of the molecule is CC(C)(C(F)(F)CN=C=O)C(F)(F)CN=C=O. The molecular weight excluding hydrogens is 244 g/mol. The predicted octanol–water partition coefficient (Wildman–Crippen LogP) is 1.95. The van der Waals surface area contributed by atoms with Gasteiger partial charge in [-0.3, -0.25) is 0 Å². The lowest BCUT2D eigenvalue weighted by Crippen LogP contribution is -2.53. The lowest BCUT2D eigenvalue weighted by molar-refractivity contribution is -0.213. The van der Waals surface area contributed by atoms with Gasteiger partial charge < -0.3 is 0 Å². The number of hydrogen-bond acceptors (Lipinski definition) is 4. The molecule has 0 aliphatic carbocycles. The Labute approximate surface area is 94.4 Å². The van der Waals surface area contributed by atoms with Crippen LogP contribution in [0.4, 0.5) is 17.6 Å². The largest absolute Gasteiger partial charge is 0.278 e. The average Bonchev–Trinajstić information content (AvgIpc) is 2.23. The summed E-state index contributed by atoms with van der Waals surface area (Å²) < 4.78 is 53.7. The van der Waals surface area contributed by atoms with Crippen LogP contribution in [0.3, 0.4) is 0 Å². The van der Waals surface area contributed by atoms with Gasteiger partial charge in [-0.15, -0.1) is 0 Å². The van der Waals surface area contributed by atoms with Gasteiger partial charge in [-0.1, -0.05) is 0 Å². The molecule has 0 radical (unpaired) electrons. The van der Waals surface area contributed by atoms with Crippen LogP contribution in [0, 0.1) is 5.41 Å². The standard InChI is InChI=1S/C9H10F4N2O2/c1-7(2,8(10,11)3-14-5-16)9(12,13)4-15-6-17/h3-4H2,1-2H3. The third-order valence-electron chi connectivity index (χ3n) is 2.51. The Morgan fingerprint density at radius 2 is 1.18 bits per heavy atom. The van der Waals surface area contributed by atoms with E-state index in [9.17, 15) is 27.2 Å². The molecule has 0 saturated heterocycles. The van der Waals surface area contributed by atoms with Crippen LogP contribution in [-0.2, 0) is 9.59 Å². The van der Waals surface area contributed by atoms with Crippen molar-refractivity contribution in [3.8, 4) is 0 Å². The van der Waals surface area contributed by atoms with Crippen molar-refractivity contribution < 1.29 is 27.2 Å². The zero-order chi connectivity index (χ0) is 13.7. The van der Waals surface area contributed by atoms with Crippen LogP contribution in [-0.4, -0.2) is 37.1 Å². The van der Waals surface area contributed by atoms with Gasteiger partial charge in [-0.2, -0.15) is 9.98 Å². The monoisotopic (exact) mass is 254 g/mol. The second-order valence-electron chi connectivity index (χ2n) is 3.85. The lowest BCUT2D eigenvalue weighted by Gasteiger charge is -2.38. The number of nitrogens with zero attached hydrogens (tertiary/aromatic N) is 2. The molecule has 17 heavy (non-hydrogen) atoms. The first kappa shape index (κ1) is 15.5. The second-order valence-corrected chi connectivity index (χ2v) is 3.85. The molecule has 0 aromatic heterocycles. The fourth-order valence-electron chi connectivity index (χ4n) is 0.926. The zero-order valence-electron chi connectivity index (χ0n) is 9.14. The molecule has 0 spiro atoms. The van der Waals surface area contributed by atoms with E-state index in [-0.39, 0.29) is 0 Å². The van der Waals surface area contributed by atoms with E-state index in [1.54, 1.807) is 0 Å². The summed E-state index contributed by atoms with van der Waals surface area (Å²) in [5.74, 6) is -7.88. The first-order valence-corrected chi connectivity index (χ1v) is 4.45. The highest BCUT2D eigenvalue weighted by Crippen LogP contribution is 2.48. The van der Waals surface area contributed by atoms with Crippen LogP contribution in [0.25, 0.3) is 0 Å². The molecule has 0 heterocycles. The second kappa shape index (κ2) is 5.21. The van der Waals surface area contributed by atoms with Crippen LogP contribution in [0.1, 0.15) is 13.8 Å². The van der Waals surface area contributed by atoms with Gasteiger partial charge >= 0.3 is 0 Å². The Hall–Kier alpha value is -1.52. The number of isocyanates is 2. The van der Waals surface area contributed by atoms with E-state index in [0.29, 0.717) is 13.8 Å². The fourth-order valence-corrected chi connectivity index (χ4v) is 0.926. The van der Waals surface area contributed by atoms with E-state index >= 15 is 0 Å². The number of rotatable bonds is 6. The van der Waals surface area contributed by atoms with Crippen LogP contribution < -0.4 is 0 Å². The highest BCUT2D eigenvalue weighted by atomic mass is 19.3. The van der Waals surface area contributed by atoms with Crippen LogP contribution in [0.5, 0.6) is 0 Å². The summed E-state index contributed by atoms with van der Waals surface area (Å²) in [5, 5.41) is 0. The van der Waals surface area contributed by atoms with Gasteiger partial charge in [0.15, 0.2) is 0 Å². The van der Waals surface area contributed by atoms with Crippen molar-refractivity contribution in [3.05, 3.63) is 0 Å². The number of halogens is 4. The van der Waals surface area contributed by atoms with Crippen molar-refractivity contribution in [2.45, 2.75) is 25.7 Å². The normalized spacial score (nSPS) is 12.6. The third-order valence-corrected chi connectivity index (χ3v) is 2.51. The highest BCUT2D eigenvalue weighted by Gasteiger charge is 2.61. The number of aliphatic imine (C=N–C) groups is 2. The Morgan fingerprint density at radius 1 is 0.882 bits per heavy atom. The maximum atomic E-state index is 13.4. The van der Waals surface area contributed by atoms with Gasteiger partial charge in [-0.25, -0.2) is 27.2 Å². The summed E-state index contributed by atoms with van der Waals surface area (Å²) in [6.45, 7) is -1.59. The number of hydrogen-bond donors (Lipinski definition) is 0. The van der Waals surface area contributed by atoms with E-state index < -0.39 is 30.3 Å². The van der Waals surface area contributed by atoms with Crippen molar-refractivity contribution in [2.75, 3.05) is 13.1 Å². The molecule has 0 aromatic rings. The molecule has 0 rings (SSSR count). The van der Waals surface area contributed by atoms with E-state index in [1.807, 2.05) is 0 Å². The molecule has 8 heteroatoms. The van der Waals surface area contributed by atoms with Gasteiger partial charge in [0, 0.05) is 0 Å². The summed E-state index contributed by atoms with van der Waals surface area (Å²) in [6.07, 6.45) is 1.71. The van der Waals surface area contributed by atoms with Gasteiger partial charge in [-0.05, 0) is 13.8 Å². The van der Waals surface area contributed by atoms with Gasteiger partial charge in [0.05, 0.1) is 5.41 Å². The predicted molar refractivity (Wildman–Crippen MR) is 49.7 cm³/mol. The molecule has 0 atom stereocenters. The van der Waals surface area contributed by atoms with Crippen molar-refractivity contribution in [3.63, 3.8) is 0 Å². The molecule has 0 amide bonds. The van der Waals surface area contributed by atoms with Crippen LogP contribution >= 0.6 is 0 Å². The van der Waals surface area contributed by atoms with Crippen molar-refractivity contribution in [1.29, 1.82) is 0 Å². The first-order chi connectivity index (χ1) is 7.62. The molecule has 0 N–H and O–H groups in total. The van der Waals surface area contributed by atoms with Crippen LogP contribution in [0.2, 0.25) is 0 Å². The quantitative estimate of drug-likeness (QED) is 0.413. The van der Waals surface area contributed by atoms with Crippen LogP contribution in [0.15, 0.2) is 9.98 Å². The van der Waals surface area contributed by atoms with Crippen molar-refractivity contribution >= 4 is 12.2 Å². The maximum absolute atomic E-state index is 13.4. The Morgan fingerprint density at radius 3 is 1.41 bits per heavy atom. The molecule has 0 aliphatic rings. The maximum Gasteiger partial charge on any atom is 0.278 e. The van der Waals surface area contributed by atoms with E-state index in [1.165, 1.54) is 0 Å². The topological polar surface area (TPSA) is 58.9 Å². The molecule has 4 nitrogen and oxygen atoms in total. The molecule has 96 valence electrons. The minimum atomic E-state index is -3.94. The van der Waals surface area contributed by atoms with E-state index in [0.717, 1.165) is 12.2 Å². The number of carbonyl (C=O) groups excluding carboxylic acids is 2. The molecule has 0 aliphatic heterocycles.